The van der Waals surface area contributed by atoms with Gasteiger partial charge in [-0.05, 0) is 56.6 Å². The minimum Gasteiger partial charge on any atom is -0.492 e. The topological polar surface area (TPSA) is 124 Å². The summed E-state index contributed by atoms with van der Waals surface area (Å²) in [6.45, 7) is 7.89. The van der Waals surface area contributed by atoms with Crippen LogP contribution in [0, 0.1) is 18.3 Å². The fourth-order valence-electron chi connectivity index (χ4n) is 7.02. The number of carbonyl (C=O) groups excluding carboxylic acids is 1. The van der Waals surface area contributed by atoms with E-state index < -0.39 is 17.8 Å². The minimum absolute atomic E-state index is 0.0290. The summed E-state index contributed by atoms with van der Waals surface area (Å²) in [5.41, 5.74) is 5.18. The highest BCUT2D eigenvalue weighted by atomic mass is 35.5. The van der Waals surface area contributed by atoms with E-state index in [1.807, 2.05) is 24.0 Å². The number of benzene rings is 2. The number of nitriles is 1. The first-order chi connectivity index (χ1) is 22.2. The molecule has 2 atom stereocenters. The summed E-state index contributed by atoms with van der Waals surface area (Å²) in [4.78, 5) is 28.1. The van der Waals surface area contributed by atoms with Crippen molar-refractivity contribution in [2.75, 3.05) is 51.3 Å². The molecule has 1 amide bonds. The maximum atomic E-state index is 13.9. The van der Waals surface area contributed by atoms with Gasteiger partial charge in [0.1, 0.15) is 18.2 Å². The van der Waals surface area contributed by atoms with Crippen molar-refractivity contribution < 1.29 is 18.7 Å². The molecule has 13 heteroatoms. The number of likely N-dealkylation sites (tertiary alicyclic amines) is 1. The molecule has 1 unspecified atom stereocenters. The van der Waals surface area contributed by atoms with Gasteiger partial charge in [0, 0.05) is 48.6 Å². The van der Waals surface area contributed by atoms with E-state index >= 15 is 0 Å². The third-order valence-corrected chi connectivity index (χ3v) is 9.90. The highest BCUT2D eigenvalue weighted by molar-refractivity contribution is 6.36. The second-order valence-electron chi connectivity index (χ2n) is 12.2. The van der Waals surface area contributed by atoms with Crippen molar-refractivity contribution in [3.63, 3.8) is 0 Å². The zero-order valence-corrected chi connectivity index (χ0v) is 26.5. The Kier molecular flexibility index (Phi) is 7.90. The molecule has 2 fully saturated rings. The molecule has 5 heterocycles. The van der Waals surface area contributed by atoms with Crippen LogP contribution in [0.25, 0.3) is 32.9 Å². The first-order valence-electron chi connectivity index (χ1n) is 15.5. The van der Waals surface area contributed by atoms with E-state index in [2.05, 4.69) is 34.8 Å². The lowest BCUT2D eigenvalue weighted by molar-refractivity contribution is -0.131. The lowest BCUT2D eigenvalue weighted by atomic mass is 9.92. The van der Waals surface area contributed by atoms with Crippen molar-refractivity contribution in [2.45, 2.75) is 44.7 Å². The SMILES string of the molecule is C=C(F)C(=O)N1CCN(c2nc(OCC3CCCN3C)nc3cc(-c4c(Cl)c(C)cc5[nH]ncc45)c4c(c23)OCC4)C[C@@H]1CC#N. The van der Waals surface area contributed by atoms with E-state index in [1.54, 1.807) is 6.20 Å². The number of aryl methyl sites for hydroxylation is 1. The summed E-state index contributed by atoms with van der Waals surface area (Å²) >= 11 is 7.00. The number of nitrogens with one attached hydrogen (secondary N) is 1. The highest BCUT2D eigenvalue weighted by Crippen LogP contribution is 2.48. The number of H-pyrrole nitrogens is 1. The van der Waals surface area contributed by atoms with Crippen LogP contribution < -0.4 is 14.4 Å². The number of fused-ring (bicyclic) bond motifs is 4. The number of likely N-dealkylation sites (N-methyl/N-ethyl adjacent to an activating group) is 1. The predicted molar refractivity (Wildman–Crippen MR) is 173 cm³/mol. The summed E-state index contributed by atoms with van der Waals surface area (Å²) in [6.07, 6.45) is 4.61. The molecule has 3 aliphatic heterocycles. The summed E-state index contributed by atoms with van der Waals surface area (Å²) in [5, 5.41) is 19.2. The third-order valence-electron chi connectivity index (χ3n) is 9.42. The fourth-order valence-corrected chi connectivity index (χ4v) is 7.28. The van der Waals surface area contributed by atoms with Gasteiger partial charge in [-0.15, -0.1) is 0 Å². The number of amides is 1. The minimum atomic E-state index is -1.04. The normalized spacial score (nSPS) is 19.8. The molecular formula is C33H34ClFN8O3. The van der Waals surface area contributed by atoms with Crippen molar-refractivity contribution >= 4 is 45.1 Å². The number of halogens is 2. The Morgan fingerprint density at radius 2 is 2.13 bits per heavy atom. The molecule has 2 aromatic heterocycles. The molecule has 0 spiro atoms. The molecule has 46 heavy (non-hydrogen) atoms. The molecule has 2 saturated heterocycles. The molecule has 0 radical (unpaired) electrons. The van der Waals surface area contributed by atoms with Gasteiger partial charge >= 0.3 is 6.01 Å². The number of anilines is 1. The van der Waals surface area contributed by atoms with Crippen molar-refractivity contribution in [1.29, 1.82) is 5.26 Å². The van der Waals surface area contributed by atoms with Crippen LogP contribution in [-0.4, -0.2) is 94.4 Å². The van der Waals surface area contributed by atoms with E-state index in [0.29, 0.717) is 48.3 Å². The smallest absolute Gasteiger partial charge is 0.319 e. The molecule has 2 aromatic carbocycles. The summed E-state index contributed by atoms with van der Waals surface area (Å²) < 4.78 is 26.5. The zero-order valence-electron chi connectivity index (χ0n) is 25.8. The van der Waals surface area contributed by atoms with Crippen LogP contribution in [0.2, 0.25) is 5.02 Å². The Hall–Kier alpha value is -4.47. The quantitative estimate of drug-likeness (QED) is 0.278. The van der Waals surface area contributed by atoms with Gasteiger partial charge in [0.25, 0.3) is 5.91 Å². The van der Waals surface area contributed by atoms with Crippen molar-refractivity contribution in [1.82, 2.24) is 30.0 Å². The van der Waals surface area contributed by atoms with Crippen LogP contribution >= 0.6 is 11.6 Å². The first-order valence-corrected chi connectivity index (χ1v) is 15.9. The van der Waals surface area contributed by atoms with Crippen LogP contribution in [0.15, 0.2) is 30.7 Å². The average Bonchev–Trinajstić information content (AvgIpc) is 3.81. The largest absolute Gasteiger partial charge is 0.492 e. The monoisotopic (exact) mass is 644 g/mol. The number of ether oxygens (including phenoxy) is 2. The number of hydrogen-bond donors (Lipinski definition) is 1. The molecule has 7 rings (SSSR count). The fraction of sp³-hybridized carbons (Fsp3) is 0.424. The van der Waals surface area contributed by atoms with Crippen LogP contribution in [-0.2, 0) is 11.2 Å². The van der Waals surface area contributed by atoms with Gasteiger partial charge < -0.3 is 24.2 Å². The second kappa shape index (κ2) is 12.0. The summed E-state index contributed by atoms with van der Waals surface area (Å²) in [7, 11) is 2.09. The Labute approximate surface area is 270 Å². The molecule has 11 nitrogen and oxygen atoms in total. The number of carbonyl (C=O) groups is 1. The zero-order chi connectivity index (χ0) is 32.1. The predicted octanol–water partition coefficient (Wildman–Crippen LogP) is 4.96. The molecule has 4 aromatic rings. The Morgan fingerprint density at radius 1 is 1.28 bits per heavy atom. The van der Waals surface area contributed by atoms with Gasteiger partial charge in [0.05, 0.1) is 52.8 Å². The Balaban J connectivity index is 1.39. The third kappa shape index (κ3) is 5.17. The highest BCUT2D eigenvalue weighted by Gasteiger charge is 2.35. The number of piperazine rings is 1. The van der Waals surface area contributed by atoms with Crippen molar-refractivity contribution in [3.8, 4) is 29.0 Å². The van der Waals surface area contributed by atoms with Gasteiger partial charge in [-0.3, -0.25) is 9.89 Å². The van der Waals surface area contributed by atoms with Gasteiger partial charge in [-0.1, -0.05) is 18.2 Å². The van der Waals surface area contributed by atoms with Crippen molar-refractivity contribution in [2.24, 2.45) is 0 Å². The lowest BCUT2D eigenvalue weighted by Gasteiger charge is -2.41. The maximum Gasteiger partial charge on any atom is 0.319 e. The van der Waals surface area contributed by atoms with E-state index in [9.17, 15) is 14.4 Å². The number of aromatic nitrogens is 4. The summed E-state index contributed by atoms with van der Waals surface area (Å²) in [6, 6.07) is 6.07. The van der Waals surface area contributed by atoms with E-state index in [-0.39, 0.29) is 31.6 Å². The number of rotatable bonds is 7. The standard InChI is InChI=1S/C33H34ClFN8O3/c1-18-13-25-24(15-37-40-25)27(29(18)34)23-14-26-28(30-22(23)7-12-45-30)31(39-33(38-26)46-17-21-5-4-9-41(21)3)42-10-11-43(32(44)19(2)35)20(16-42)6-8-36/h13-15,20-21H,2,4-7,9-12,16-17H2,1,3H3,(H,37,40)/t20-,21?/m0/s1. The van der Waals surface area contributed by atoms with Crippen LogP contribution in [0.5, 0.6) is 11.8 Å². The van der Waals surface area contributed by atoms with Gasteiger partial charge in [0.2, 0.25) is 0 Å². The van der Waals surface area contributed by atoms with Crippen molar-refractivity contribution in [3.05, 3.63) is 46.9 Å². The first kappa shape index (κ1) is 30.2. The number of hydrogen-bond acceptors (Lipinski definition) is 9. The Bertz CT molecular complexity index is 1920. The van der Waals surface area contributed by atoms with Gasteiger partial charge in [-0.25, -0.2) is 4.39 Å². The second-order valence-corrected chi connectivity index (χ2v) is 12.6. The van der Waals surface area contributed by atoms with E-state index in [1.165, 1.54) is 4.90 Å². The van der Waals surface area contributed by atoms with Crippen LogP contribution in [0.1, 0.15) is 30.4 Å². The molecule has 238 valence electrons. The molecular weight excluding hydrogens is 611 g/mol. The maximum absolute atomic E-state index is 13.9. The van der Waals surface area contributed by atoms with E-state index in [0.717, 1.165) is 57.9 Å². The van der Waals surface area contributed by atoms with Gasteiger partial charge in [0.15, 0.2) is 5.83 Å². The van der Waals surface area contributed by atoms with Gasteiger partial charge in [-0.2, -0.15) is 20.3 Å². The molecule has 3 aliphatic rings. The molecule has 1 N–H and O–H groups in total. The Morgan fingerprint density at radius 3 is 2.89 bits per heavy atom. The average molecular weight is 645 g/mol. The molecule has 0 bridgehead atoms. The number of aromatic amines is 1. The lowest BCUT2D eigenvalue weighted by Crippen LogP contribution is -2.55. The number of nitrogens with zero attached hydrogens (tertiary/aromatic N) is 7. The van der Waals surface area contributed by atoms with Crippen LogP contribution in [0.3, 0.4) is 0 Å². The van der Waals surface area contributed by atoms with Crippen LogP contribution in [0.4, 0.5) is 10.2 Å². The molecule has 0 saturated carbocycles. The molecule has 0 aliphatic carbocycles. The van der Waals surface area contributed by atoms with E-state index in [4.69, 9.17) is 31.0 Å². The summed E-state index contributed by atoms with van der Waals surface area (Å²) in [5.74, 6) is -0.586.